The SMILES string of the molecule is O=C(c1cc(Cl)c(O)cc1O)N1CCCCC1. The van der Waals surface area contributed by atoms with Gasteiger partial charge < -0.3 is 15.1 Å². The van der Waals surface area contributed by atoms with Gasteiger partial charge >= 0.3 is 0 Å². The Bertz CT molecular complexity index is 442. The molecule has 2 N–H and O–H groups in total. The Labute approximate surface area is 104 Å². The number of amides is 1. The first-order valence-corrected chi connectivity index (χ1v) is 5.98. The molecule has 1 aromatic rings. The highest BCUT2D eigenvalue weighted by Gasteiger charge is 2.22. The van der Waals surface area contributed by atoms with Crippen molar-refractivity contribution in [2.24, 2.45) is 0 Å². The van der Waals surface area contributed by atoms with Gasteiger partial charge in [0.15, 0.2) is 0 Å². The van der Waals surface area contributed by atoms with Crippen LogP contribution in [0.5, 0.6) is 11.5 Å². The summed E-state index contributed by atoms with van der Waals surface area (Å²) in [6.45, 7) is 1.41. The fourth-order valence-electron chi connectivity index (χ4n) is 1.99. The van der Waals surface area contributed by atoms with E-state index in [9.17, 15) is 15.0 Å². The zero-order chi connectivity index (χ0) is 12.4. The van der Waals surface area contributed by atoms with E-state index in [-0.39, 0.29) is 28.0 Å². The molecule has 2 rings (SSSR count). The van der Waals surface area contributed by atoms with Crippen LogP contribution < -0.4 is 0 Å². The van der Waals surface area contributed by atoms with Gasteiger partial charge in [-0.1, -0.05) is 11.6 Å². The van der Waals surface area contributed by atoms with Crippen LogP contribution in [0.15, 0.2) is 12.1 Å². The highest BCUT2D eigenvalue weighted by atomic mass is 35.5. The molecule has 0 aromatic heterocycles. The third-order valence-electron chi connectivity index (χ3n) is 2.94. The maximum absolute atomic E-state index is 12.1. The van der Waals surface area contributed by atoms with Crippen LogP contribution >= 0.6 is 11.6 Å². The Balaban J connectivity index is 2.26. The average Bonchev–Trinajstić information content (AvgIpc) is 2.34. The fraction of sp³-hybridized carbons (Fsp3) is 0.417. The molecule has 0 unspecified atom stereocenters. The maximum Gasteiger partial charge on any atom is 0.257 e. The lowest BCUT2D eigenvalue weighted by Gasteiger charge is -2.27. The molecule has 1 heterocycles. The molecule has 1 aromatic carbocycles. The molecule has 92 valence electrons. The van der Waals surface area contributed by atoms with Crippen LogP contribution in [0.2, 0.25) is 5.02 Å². The minimum Gasteiger partial charge on any atom is -0.507 e. The van der Waals surface area contributed by atoms with Gasteiger partial charge in [-0.15, -0.1) is 0 Å². The van der Waals surface area contributed by atoms with Crippen molar-refractivity contribution in [1.82, 2.24) is 4.90 Å². The van der Waals surface area contributed by atoms with Gasteiger partial charge in [0.1, 0.15) is 11.5 Å². The quantitative estimate of drug-likeness (QED) is 0.810. The summed E-state index contributed by atoms with van der Waals surface area (Å²) in [5, 5.41) is 19.0. The van der Waals surface area contributed by atoms with E-state index in [1.165, 1.54) is 6.07 Å². The van der Waals surface area contributed by atoms with Crippen LogP contribution in [0.3, 0.4) is 0 Å². The number of rotatable bonds is 1. The Morgan fingerprint density at radius 1 is 1.12 bits per heavy atom. The molecule has 1 amide bonds. The van der Waals surface area contributed by atoms with Crippen molar-refractivity contribution in [3.05, 3.63) is 22.7 Å². The summed E-state index contributed by atoms with van der Waals surface area (Å²) < 4.78 is 0. The second-order valence-electron chi connectivity index (χ2n) is 4.17. The van der Waals surface area contributed by atoms with Crippen LogP contribution in [0.4, 0.5) is 0 Å². The monoisotopic (exact) mass is 255 g/mol. The highest BCUT2D eigenvalue weighted by molar-refractivity contribution is 6.32. The summed E-state index contributed by atoms with van der Waals surface area (Å²) in [7, 11) is 0. The number of piperidine rings is 1. The molecule has 1 aliphatic heterocycles. The Hall–Kier alpha value is -1.42. The predicted octanol–water partition coefficient (Wildman–Crippen LogP) is 2.38. The molecule has 4 nitrogen and oxygen atoms in total. The normalized spacial score (nSPS) is 15.9. The minimum atomic E-state index is -0.234. The second-order valence-corrected chi connectivity index (χ2v) is 4.58. The minimum absolute atomic E-state index is 0.0724. The molecule has 1 aliphatic rings. The van der Waals surface area contributed by atoms with Gasteiger partial charge in [-0.25, -0.2) is 0 Å². The zero-order valence-corrected chi connectivity index (χ0v) is 10.1. The fourth-order valence-corrected chi connectivity index (χ4v) is 2.15. The topological polar surface area (TPSA) is 60.8 Å². The van der Waals surface area contributed by atoms with Crippen LogP contribution in [-0.4, -0.2) is 34.1 Å². The van der Waals surface area contributed by atoms with Crippen molar-refractivity contribution in [2.45, 2.75) is 19.3 Å². The van der Waals surface area contributed by atoms with E-state index in [4.69, 9.17) is 11.6 Å². The molecule has 0 bridgehead atoms. The summed E-state index contributed by atoms with van der Waals surface area (Å²) in [5.41, 5.74) is 0.148. The number of carbonyl (C=O) groups is 1. The van der Waals surface area contributed by atoms with Crippen molar-refractivity contribution < 1.29 is 15.0 Å². The Morgan fingerprint density at radius 3 is 2.41 bits per heavy atom. The molecule has 5 heteroatoms. The lowest BCUT2D eigenvalue weighted by atomic mass is 10.1. The van der Waals surface area contributed by atoms with E-state index >= 15 is 0 Å². The van der Waals surface area contributed by atoms with Crippen LogP contribution in [0.25, 0.3) is 0 Å². The number of aromatic hydroxyl groups is 2. The third-order valence-corrected chi connectivity index (χ3v) is 3.24. The molecular formula is C12H14ClNO3. The number of halogens is 1. The van der Waals surface area contributed by atoms with E-state index in [1.807, 2.05) is 0 Å². The lowest BCUT2D eigenvalue weighted by molar-refractivity contribution is 0.0721. The van der Waals surface area contributed by atoms with Crippen LogP contribution in [0, 0.1) is 0 Å². The van der Waals surface area contributed by atoms with Crippen molar-refractivity contribution in [1.29, 1.82) is 0 Å². The molecular weight excluding hydrogens is 242 g/mol. The van der Waals surface area contributed by atoms with Gasteiger partial charge in [0.25, 0.3) is 5.91 Å². The number of hydrogen-bond donors (Lipinski definition) is 2. The summed E-state index contributed by atoms with van der Waals surface area (Å²) >= 11 is 5.74. The zero-order valence-electron chi connectivity index (χ0n) is 9.32. The van der Waals surface area contributed by atoms with Crippen molar-refractivity contribution >= 4 is 17.5 Å². The highest BCUT2D eigenvalue weighted by Crippen LogP contribution is 2.32. The number of carbonyl (C=O) groups excluding carboxylic acids is 1. The largest absolute Gasteiger partial charge is 0.507 e. The van der Waals surface area contributed by atoms with Crippen molar-refractivity contribution in [3.63, 3.8) is 0 Å². The van der Waals surface area contributed by atoms with Crippen LogP contribution in [0.1, 0.15) is 29.6 Å². The van der Waals surface area contributed by atoms with E-state index in [1.54, 1.807) is 4.90 Å². The Morgan fingerprint density at radius 2 is 1.76 bits per heavy atom. The standard InChI is InChI=1S/C12H14ClNO3/c13-9-6-8(10(15)7-11(9)16)12(17)14-4-2-1-3-5-14/h6-7,15-16H,1-5H2. The first kappa shape index (κ1) is 12.0. The summed E-state index contributed by atoms with van der Waals surface area (Å²) in [6, 6.07) is 2.41. The van der Waals surface area contributed by atoms with Crippen molar-refractivity contribution in [2.75, 3.05) is 13.1 Å². The molecule has 0 radical (unpaired) electrons. The molecule has 0 spiro atoms. The number of nitrogens with zero attached hydrogens (tertiary/aromatic N) is 1. The van der Waals surface area contributed by atoms with E-state index < -0.39 is 0 Å². The number of phenolic OH excluding ortho intramolecular Hbond substituents is 2. The predicted molar refractivity (Wildman–Crippen MR) is 64.5 cm³/mol. The van der Waals surface area contributed by atoms with E-state index in [2.05, 4.69) is 0 Å². The average molecular weight is 256 g/mol. The van der Waals surface area contributed by atoms with Crippen molar-refractivity contribution in [3.8, 4) is 11.5 Å². The first-order chi connectivity index (χ1) is 8.09. The molecule has 17 heavy (non-hydrogen) atoms. The molecule has 1 fully saturated rings. The van der Waals surface area contributed by atoms with Gasteiger partial charge in [-0.2, -0.15) is 0 Å². The number of hydrogen-bond acceptors (Lipinski definition) is 3. The maximum atomic E-state index is 12.1. The number of likely N-dealkylation sites (tertiary alicyclic amines) is 1. The van der Waals surface area contributed by atoms with Gasteiger partial charge in [0.05, 0.1) is 10.6 Å². The number of phenols is 2. The van der Waals surface area contributed by atoms with Gasteiger partial charge in [0.2, 0.25) is 0 Å². The van der Waals surface area contributed by atoms with Gasteiger partial charge in [-0.3, -0.25) is 4.79 Å². The number of benzene rings is 1. The molecule has 0 saturated carbocycles. The second kappa shape index (κ2) is 4.84. The molecule has 1 saturated heterocycles. The summed E-state index contributed by atoms with van der Waals surface area (Å²) in [5.74, 6) is -0.689. The molecule has 0 atom stereocenters. The van der Waals surface area contributed by atoms with E-state index in [0.717, 1.165) is 25.3 Å². The summed E-state index contributed by atoms with van der Waals surface area (Å²) in [4.78, 5) is 13.8. The van der Waals surface area contributed by atoms with Crippen LogP contribution in [-0.2, 0) is 0 Å². The summed E-state index contributed by atoms with van der Waals surface area (Å²) in [6.07, 6.45) is 3.10. The smallest absolute Gasteiger partial charge is 0.257 e. The van der Waals surface area contributed by atoms with Gasteiger partial charge in [0, 0.05) is 19.2 Å². The first-order valence-electron chi connectivity index (χ1n) is 5.60. The third kappa shape index (κ3) is 2.47. The molecule has 0 aliphatic carbocycles. The van der Waals surface area contributed by atoms with Gasteiger partial charge in [-0.05, 0) is 25.3 Å². The lowest BCUT2D eigenvalue weighted by Crippen LogP contribution is -2.35. The van der Waals surface area contributed by atoms with E-state index in [0.29, 0.717) is 13.1 Å². The Kier molecular flexibility index (Phi) is 3.43.